The first-order chi connectivity index (χ1) is 7.49. The standard InChI is InChI=1S/C13H20FNO/c1-13(2,14)11-6-7-12(16-3)10(9-11)5-4-8-15/h6-7,9H,4-5,8,15H2,1-3H3. The molecule has 2 N–H and O–H groups in total. The molecule has 0 aliphatic carbocycles. The van der Waals surface area contributed by atoms with Crippen LogP contribution in [0.4, 0.5) is 4.39 Å². The molecule has 1 rings (SSSR count). The maximum atomic E-state index is 13.8. The molecule has 0 radical (unpaired) electrons. The highest BCUT2D eigenvalue weighted by Crippen LogP contribution is 2.29. The van der Waals surface area contributed by atoms with Crippen molar-refractivity contribution in [2.45, 2.75) is 32.4 Å². The third kappa shape index (κ3) is 3.20. The van der Waals surface area contributed by atoms with E-state index in [-0.39, 0.29) is 0 Å². The number of methoxy groups -OCH3 is 1. The maximum Gasteiger partial charge on any atom is 0.130 e. The van der Waals surface area contributed by atoms with Crippen LogP contribution in [0.5, 0.6) is 5.75 Å². The van der Waals surface area contributed by atoms with Crippen LogP contribution in [0.1, 0.15) is 31.4 Å². The van der Waals surface area contributed by atoms with Crippen molar-refractivity contribution in [2.75, 3.05) is 13.7 Å². The van der Waals surface area contributed by atoms with Gasteiger partial charge in [-0.25, -0.2) is 4.39 Å². The van der Waals surface area contributed by atoms with Gasteiger partial charge in [0.05, 0.1) is 7.11 Å². The third-order valence-corrected chi connectivity index (χ3v) is 2.62. The number of hydrogen-bond acceptors (Lipinski definition) is 2. The fraction of sp³-hybridized carbons (Fsp3) is 0.538. The molecule has 1 aromatic rings. The summed E-state index contributed by atoms with van der Waals surface area (Å²) in [6, 6.07) is 5.46. The van der Waals surface area contributed by atoms with Gasteiger partial charge in [-0.05, 0) is 56.5 Å². The number of hydrogen-bond donors (Lipinski definition) is 1. The van der Waals surface area contributed by atoms with Gasteiger partial charge >= 0.3 is 0 Å². The Balaban J connectivity index is 3.01. The van der Waals surface area contributed by atoms with E-state index in [1.54, 1.807) is 27.0 Å². The highest BCUT2D eigenvalue weighted by atomic mass is 19.1. The summed E-state index contributed by atoms with van der Waals surface area (Å²) in [6.45, 7) is 3.75. The Kier molecular flexibility index (Phi) is 4.30. The Bertz CT molecular complexity index is 344. The molecule has 1 aromatic carbocycles. The third-order valence-electron chi connectivity index (χ3n) is 2.62. The fourth-order valence-electron chi connectivity index (χ4n) is 1.64. The summed E-state index contributed by atoms with van der Waals surface area (Å²) in [7, 11) is 1.63. The molecular weight excluding hydrogens is 205 g/mol. The van der Waals surface area contributed by atoms with Crippen molar-refractivity contribution in [3.63, 3.8) is 0 Å². The van der Waals surface area contributed by atoms with Crippen LogP contribution in [0.3, 0.4) is 0 Å². The SMILES string of the molecule is COc1ccc(C(C)(C)F)cc1CCCN. The Morgan fingerprint density at radius 2 is 2.06 bits per heavy atom. The minimum Gasteiger partial charge on any atom is -0.496 e. The van der Waals surface area contributed by atoms with Crippen LogP contribution in [0.15, 0.2) is 18.2 Å². The van der Waals surface area contributed by atoms with Crippen molar-refractivity contribution in [3.05, 3.63) is 29.3 Å². The molecule has 0 spiro atoms. The van der Waals surface area contributed by atoms with Crippen LogP contribution < -0.4 is 10.5 Å². The largest absolute Gasteiger partial charge is 0.496 e. The summed E-state index contributed by atoms with van der Waals surface area (Å²) in [5.74, 6) is 0.807. The van der Waals surface area contributed by atoms with Crippen LogP contribution in [0.2, 0.25) is 0 Å². The molecule has 3 heteroatoms. The van der Waals surface area contributed by atoms with Crippen molar-refractivity contribution in [2.24, 2.45) is 5.73 Å². The monoisotopic (exact) mass is 225 g/mol. The molecule has 16 heavy (non-hydrogen) atoms. The predicted molar refractivity (Wildman–Crippen MR) is 64.5 cm³/mol. The van der Waals surface area contributed by atoms with Gasteiger partial charge in [0.15, 0.2) is 0 Å². The van der Waals surface area contributed by atoms with E-state index in [4.69, 9.17) is 10.5 Å². The molecule has 0 aliphatic heterocycles. The van der Waals surface area contributed by atoms with E-state index in [2.05, 4.69) is 0 Å². The van der Waals surface area contributed by atoms with Gasteiger partial charge in [-0.3, -0.25) is 0 Å². The van der Waals surface area contributed by atoms with Gasteiger partial charge in [0.1, 0.15) is 11.4 Å². The first kappa shape index (κ1) is 13.0. The van der Waals surface area contributed by atoms with Gasteiger partial charge in [0.2, 0.25) is 0 Å². The van der Waals surface area contributed by atoms with E-state index in [1.807, 2.05) is 12.1 Å². The Morgan fingerprint density at radius 1 is 1.38 bits per heavy atom. The quantitative estimate of drug-likeness (QED) is 0.836. The van der Waals surface area contributed by atoms with E-state index in [0.29, 0.717) is 12.1 Å². The van der Waals surface area contributed by atoms with Crippen LogP contribution in [-0.4, -0.2) is 13.7 Å². The number of benzene rings is 1. The zero-order valence-corrected chi connectivity index (χ0v) is 10.2. The smallest absolute Gasteiger partial charge is 0.130 e. The molecule has 0 heterocycles. The summed E-state index contributed by atoms with van der Waals surface area (Å²) < 4.78 is 19.0. The van der Waals surface area contributed by atoms with Gasteiger partial charge in [-0.15, -0.1) is 0 Å². The minimum atomic E-state index is -1.32. The van der Waals surface area contributed by atoms with Gasteiger partial charge < -0.3 is 10.5 Å². The normalized spacial score (nSPS) is 11.6. The molecule has 2 nitrogen and oxygen atoms in total. The summed E-state index contributed by atoms with van der Waals surface area (Å²) >= 11 is 0. The number of halogens is 1. The number of nitrogens with two attached hydrogens (primary N) is 1. The number of rotatable bonds is 5. The molecule has 0 amide bonds. The van der Waals surface area contributed by atoms with Crippen molar-refractivity contribution in [1.82, 2.24) is 0 Å². The van der Waals surface area contributed by atoms with Crippen LogP contribution in [0.25, 0.3) is 0 Å². The molecule has 0 aliphatic rings. The lowest BCUT2D eigenvalue weighted by Crippen LogP contribution is -2.10. The van der Waals surface area contributed by atoms with E-state index in [9.17, 15) is 4.39 Å². The number of ether oxygens (including phenoxy) is 1. The molecule has 0 saturated heterocycles. The number of alkyl halides is 1. The Morgan fingerprint density at radius 3 is 2.56 bits per heavy atom. The molecule has 0 saturated carbocycles. The van der Waals surface area contributed by atoms with E-state index >= 15 is 0 Å². The lowest BCUT2D eigenvalue weighted by Gasteiger charge is -2.17. The molecule has 0 fully saturated rings. The second kappa shape index (κ2) is 5.30. The molecule has 0 aromatic heterocycles. The molecule has 0 atom stereocenters. The highest BCUT2D eigenvalue weighted by Gasteiger charge is 2.19. The first-order valence-electron chi connectivity index (χ1n) is 5.55. The van der Waals surface area contributed by atoms with Crippen molar-refractivity contribution in [3.8, 4) is 5.75 Å². The predicted octanol–water partition coefficient (Wildman–Crippen LogP) is 2.79. The fourth-order valence-corrected chi connectivity index (χ4v) is 1.64. The average molecular weight is 225 g/mol. The summed E-state index contributed by atoms with van der Waals surface area (Å²) in [5.41, 5.74) is 5.87. The zero-order chi connectivity index (χ0) is 12.2. The maximum absolute atomic E-state index is 13.8. The van der Waals surface area contributed by atoms with Crippen LogP contribution >= 0.6 is 0 Å². The number of aryl methyl sites for hydroxylation is 1. The van der Waals surface area contributed by atoms with E-state index < -0.39 is 5.67 Å². The molecular formula is C13H20FNO. The minimum absolute atomic E-state index is 0.631. The van der Waals surface area contributed by atoms with Gasteiger partial charge in [0.25, 0.3) is 0 Å². The van der Waals surface area contributed by atoms with Gasteiger partial charge in [-0.1, -0.05) is 6.07 Å². The Hall–Kier alpha value is -1.09. The first-order valence-corrected chi connectivity index (χ1v) is 5.55. The second-order valence-electron chi connectivity index (χ2n) is 4.39. The zero-order valence-electron chi connectivity index (χ0n) is 10.2. The van der Waals surface area contributed by atoms with E-state index in [0.717, 1.165) is 24.2 Å². The van der Waals surface area contributed by atoms with Crippen molar-refractivity contribution in [1.29, 1.82) is 0 Å². The van der Waals surface area contributed by atoms with E-state index in [1.165, 1.54) is 0 Å². The Labute approximate surface area is 96.6 Å². The van der Waals surface area contributed by atoms with Crippen LogP contribution in [-0.2, 0) is 12.1 Å². The lowest BCUT2D eigenvalue weighted by atomic mass is 9.96. The summed E-state index contributed by atoms with van der Waals surface area (Å²) in [6.07, 6.45) is 1.70. The average Bonchev–Trinajstić information content (AvgIpc) is 2.24. The highest BCUT2D eigenvalue weighted by molar-refractivity contribution is 5.39. The molecule has 0 unspecified atom stereocenters. The van der Waals surface area contributed by atoms with Crippen molar-refractivity contribution >= 4 is 0 Å². The van der Waals surface area contributed by atoms with Gasteiger partial charge in [0, 0.05) is 0 Å². The van der Waals surface area contributed by atoms with Crippen molar-refractivity contribution < 1.29 is 9.13 Å². The molecule has 90 valence electrons. The topological polar surface area (TPSA) is 35.2 Å². The van der Waals surface area contributed by atoms with Gasteiger partial charge in [-0.2, -0.15) is 0 Å². The second-order valence-corrected chi connectivity index (χ2v) is 4.39. The van der Waals surface area contributed by atoms with Crippen LogP contribution in [0, 0.1) is 0 Å². The lowest BCUT2D eigenvalue weighted by molar-refractivity contribution is 0.221. The summed E-state index contributed by atoms with van der Waals surface area (Å²) in [5, 5.41) is 0. The summed E-state index contributed by atoms with van der Waals surface area (Å²) in [4.78, 5) is 0. The molecule has 0 bridgehead atoms.